The molecule has 7 rings (SSSR count). The van der Waals surface area contributed by atoms with Crippen LogP contribution < -0.4 is 14.2 Å². The normalized spacial score (nSPS) is 22.4. The molecule has 1 aliphatic heterocycles. The molecule has 2 N–H and O–H groups in total. The van der Waals surface area contributed by atoms with E-state index < -0.39 is 28.8 Å². The number of carbonyl (C=O) groups excluding carboxylic acids is 2. The maximum Gasteiger partial charge on any atom is 0.415 e. The molecule has 1 heterocycles. The molecule has 6 atom stereocenters. The van der Waals surface area contributed by atoms with E-state index in [1.807, 2.05) is 55.5 Å². The molecule has 0 saturated heterocycles. The molecule has 2 aliphatic carbocycles. The summed E-state index contributed by atoms with van der Waals surface area (Å²) in [5, 5.41) is 36.2. The Hall–Kier alpha value is -6.35. The molecule has 0 spiro atoms. The number of nitrogens with zero attached hydrogens (tertiary/aromatic N) is 3. The SMILES string of the molecule is C=CCO[C@@]12Oc3ccc(Oc4cccc(C=O)c4)cc3[C@H]3[C@H](CCCCO)[C@@H](CCCCO)C=C(C(=NOCc4ccccc4)C[C@@H]1N(CCC)C(=O)Oc1ccc([N+](=O)[O-])cc1)[C@H]32. The predicted molar refractivity (Wildman–Crippen MR) is 244 cm³/mol. The number of hydrogen-bond acceptors (Lipinski definition) is 12. The van der Waals surface area contributed by atoms with E-state index in [9.17, 15) is 29.9 Å². The van der Waals surface area contributed by atoms with E-state index in [1.165, 1.54) is 24.3 Å². The standard InChI is InChI=1S/C51H57N3O11/c1-3-25-53(50(58)64-39-21-19-38(20-22-39)54(59)60)47-32-45(52-62-34-35-13-6-5-7-14-35)43-30-37(16-8-10-26-55)42(18-9-11-27-56)48-44-31-41(63-40-17-12-15-36(29-40)33-57)23-24-46(44)65-51(47,49(43)48)61-28-4-2/h4-7,12-15,17,19-24,29-31,33,37,42,47-49,55-56H,2-3,8-11,16,18,25-28,32,34H2,1H3/t37-,42+,47-,48+,49+,51+/m0/s1. The number of ether oxygens (including phenoxy) is 4. The van der Waals surface area contributed by atoms with Crippen LogP contribution in [0.15, 0.2) is 127 Å². The number of benzene rings is 4. The summed E-state index contributed by atoms with van der Waals surface area (Å²) in [6.45, 7) is 6.57. The summed E-state index contributed by atoms with van der Waals surface area (Å²) < 4.78 is 26.8. The first-order valence-electron chi connectivity index (χ1n) is 22.4. The first-order valence-corrected chi connectivity index (χ1v) is 22.4. The number of allylic oxidation sites excluding steroid dienone is 1. The van der Waals surface area contributed by atoms with Crippen LogP contribution >= 0.6 is 0 Å². The van der Waals surface area contributed by atoms with Crippen LogP contribution in [0.25, 0.3) is 0 Å². The van der Waals surface area contributed by atoms with E-state index in [4.69, 9.17) is 28.9 Å². The average molecular weight is 888 g/mol. The molecule has 0 unspecified atom stereocenters. The number of nitro benzene ring substituents is 1. The third kappa shape index (κ3) is 10.6. The molecular formula is C51H57N3O11. The minimum atomic E-state index is -1.54. The van der Waals surface area contributed by atoms with Crippen molar-refractivity contribution in [2.75, 3.05) is 26.4 Å². The molecule has 1 saturated carbocycles. The van der Waals surface area contributed by atoms with Crippen molar-refractivity contribution >= 4 is 23.8 Å². The molecule has 4 aromatic rings. The summed E-state index contributed by atoms with van der Waals surface area (Å²) in [5.74, 6) is -0.774. The summed E-state index contributed by atoms with van der Waals surface area (Å²) >= 11 is 0. The number of aliphatic hydroxyl groups excluding tert-OH is 2. The van der Waals surface area contributed by atoms with Gasteiger partial charge < -0.3 is 34.0 Å². The van der Waals surface area contributed by atoms with Gasteiger partial charge in [-0.15, -0.1) is 6.58 Å². The van der Waals surface area contributed by atoms with Gasteiger partial charge in [0.15, 0.2) is 0 Å². The highest BCUT2D eigenvalue weighted by Crippen LogP contribution is 2.62. The molecule has 1 fully saturated rings. The number of carbonyl (C=O) groups is 2. The van der Waals surface area contributed by atoms with Gasteiger partial charge in [0.1, 0.15) is 41.9 Å². The number of rotatable bonds is 22. The van der Waals surface area contributed by atoms with Gasteiger partial charge in [-0.3, -0.25) is 19.8 Å². The van der Waals surface area contributed by atoms with Crippen LogP contribution in [0, 0.1) is 27.9 Å². The highest BCUT2D eigenvalue weighted by Gasteiger charge is 2.65. The highest BCUT2D eigenvalue weighted by molar-refractivity contribution is 6.03. The lowest BCUT2D eigenvalue weighted by molar-refractivity contribution is -0.384. The minimum Gasteiger partial charge on any atom is -0.459 e. The quantitative estimate of drug-likeness (QED) is 0.0252. The Morgan fingerprint density at radius 1 is 0.954 bits per heavy atom. The average Bonchev–Trinajstić information content (AvgIpc) is 3.32. The lowest BCUT2D eigenvalue weighted by atomic mass is 9.55. The van der Waals surface area contributed by atoms with Gasteiger partial charge >= 0.3 is 6.09 Å². The first kappa shape index (κ1) is 46.6. The van der Waals surface area contributed by atoms with Crippen LogP contribution in [0.3, 0.4) is 0 Å². The number of amides is 1. The second kappa shape index (κ2) is 22.0. The van der Waals surface area contributed by atoms with Crippen molar-refractivity contribution in [3.05, 3.63) is 148 Å². The number of aldehydes is 1. The summed E-state index contributed by atoms with van der Waals surface area (Å²) in [6.07, 6.45) is 8.94. The number of aliphatic hydroxyl groups is 2. The number of fused-ring (bicyclic) bond motifs is 2. The molecule has 14 heteroatoms. The highest BCUT2D eigenvalue weighted by atomic mass is 16.7. The van der Waals surface area contributed by atoms with Gasteiger partial charge in [0.2, 0.25) is 5.79 Å². The summed E-state index contributed by atoms with van der Waals surface area (Å²) in [6, 6.07) is 26.8. The Balaban J connectivity index is 1.42. The Bertz CT molecular complexity index is 2340. The molecule has 342 valence electrons. The van der Waals surface area contributed by atoms with Crippen LogP contribution in [0.5, 0.6) is 23.0 Å². The second-order valence-corrected chi connectivity index (χ2v) is 16.6. The second-order valence-electron chi connectivity index (χ2n) is 16.6. The van der Waals surface area contributed by atoms with Crippen LogP contribution in [0.2, 0.25) is 0 Å². The Kier molecular flexibility index (Phi) is 15.8. The first-order chi connectivity index (χ1) is 31.7. The van der Waals surface area contributed by atoms with Crippen LogP contribution in [-0.2, 0) is 16.2 Å². The number of hydrogen-bond donors (Lipinski definition) is 2. The Morgan fingerprint density at radius 2 is 1.69 bits per heavy atom. The Morgan fingerprint density at radius 3 is 2.40 bits per heavy atom. The van der Waals surface area contributed by atoms with Gasteiger partial charge in [0, 0.05) is 55.4 Å². The van der Waals surface area contributed by atoms with Gasteiger partial charge in [0.25, 0.3) is 5.69 Å². The number of nitro groups is 1. The molecule has 0 radical (unpaired) electrons. The molecule has 0 aromatic heterocycles. The smallest absolute Gasteiger partial charge is 0.415 e. The van der Waals surface area contributed by atoms with Crippen molar-refractivity contribution in [2.24, 2.45) is 22.9 Å². The van der Waals surface area contributed by atoms with Crippen molar-refractivity contribution in [1.82, 2.24) is 4.90 Å². The van der Waals surface area contributed by atoms with Gasteiger partial charge in [-0.2, -0.15) is 0 Å². The monoisotopic (exact) mass is 887 g/mol. The number of unbranched alkanes of at least 4 members (excludes halogenated alkanes) is 2. The van der Waals surface area contributed by atoms with Crippen molar-refractivity contribution in [2.45, 2.75) is 82.6 Å². The van der Waals surface area contributed by atoms with Crippen molar-refractivity contribution < 1.29 is 48.5 Å². The fraction of sp³-hybridized carbons (Fsp3) is 0.392. The van der Waals surface area contributed by atoms with E-state index in [0.717, 1.165) is 48.7 Å². The molecular weight excluding hydrogens is 831 g/mol. The lowest BCUT2D eigenvalue weighted by Gasteiger charge is -2.59. The Labute approximate surface area is 379 Å². The third-order valence-corrected chi connectivity index (χ3v) is 12.5. The number of oxime groups is 1. The maximum atomic E-state index is 14.7. The minimum absolute atomic E-state index is 0.00288. The van der Waals surface area contributed by atoms with Gasteiger partial charge in [0.05, 0.1) is 23.2 Å². The fourth-order valence-corrected chi connectivity index (χ4v) is 9.67. The van der Waals surface area contributed by atoms with Gasteiger partial charge in [-0.1, -0.05) is 79.5 Å². The lowest BCUT2D eigenvalue weighted by Crippen LogP contribution is -2.70. The molecule has 65 heavy (non-hydrogen) atoms. The zero-order valence-corrected chi connectivity index (χ0v) is 36.7. The van der Waals surface area contributed by atoms with E-state index >= 15 is 0 Å². The summed E-state index contributed by atoms with van der Waals surface area (Å²) in [5.41, 5.74) is 3.61. The van der Waals surface area contributed by atoms with E-state index in [0.29, 0.717) is 47.8 Å². The molecule has 1 amide bonds. The van der Waals surface area contributed by atoms with Crippen LogP contribution in [0.1, 0.15) is 85.7 Å². The van der Waals surface area contributed by atoms with Gasteiger partial charge in [-0.05, 0) is 97.5 Å². The third-order valence-electron chi connectivity index (χ3n) is 12.5. The van der Waals surface area contributed by atoms with Crippen molar-refractivity contribution in [3.8, 4) is 23.0 Å². The molecule has 14 nitrogen and oxygen atoms in total. The van der Waals surface area contributed by atoms with Crippen LogP contribution in [-0.4, -0.2) is 76.3 Å². The van der Waals surface area contributed by atoms with E-state index in [2.05, 4.69) is 12.7 Å². The topological polar surface area (TPSA) is 179 Å². The van der Waals surface area contributed by atoms with E-state index in [-0.39, 0.29) is 68.6 Å². The zero-order valence-electron chi connectivity index (χ0n) is 36.7. The molecule has 0 bridgehead atoms. The molecule has 3 aliphatic rings. The number of non-ortho nitro benzene ring substituents is 1. The van der Waals surface area contributed by atoms with Crippen molar-refractivity contribution in [1.29, 1.82) is 0 Å². The predicted octanol–water partition coefficient (Wildman–Crippen LogP) is 9.94. The molecule has 4 aromatic carbocycles. The van der Waals surface area contributed by atoms with E-state index in [1.54, 1.807) is 35.2 Å². The maximum absolute atomic E-state index is 14.7. The summed E-state index contributed by atoms with van der Waals surface area (Å²) in [7, 11) is 0. The van der Waals surface area contributed by atoms with Crippen molar-refractivity contribution in [3.63, 3.8) is 0 Å². The van der Waals surface area contributed by atoms with Gasteiger partial charge in [-0.25, -0.2) is 4.79 Å². The fourth-order valence-electron chi connectivity index (χ4n) is 9.67. The summed E-state index contributed by atoms with van der Waals surface area (Å²) in [4.78, 5) is 45.1. The zero-order chi connectivity index (χ0) is 45.8. The van der Waals surface area contributed by atoms with Crippen LogP contribution in [0.4, 0.5) is 10.5 Å². The largest absolute Gasteiger partial charge is 0.459 e.